The number of nitrogens with one attached hydrogen (secondary N) is 1. The second-order valence-electron chi connectivity index (χ2n) is 8.62. The normalized spacial score (nSPS) is 14.1. The second-order valence-corrected chi connectivity index (χ2v) is 9.03. The minimum atomic E-state index is -4.47. The number of aromatic amines is 1. The van der Waals surface area contributed by atoms with E-state index in [9.17, 15) is 17.6 Å². The number of nitrogens with zero attached hydrogens (tertiary/aromatic N) is 1. The molecule has 0 aliphatic carbocycles. The summed E-state index contributed by atoms with van der Waals surface area (Å²) in [5.74, 6) is 0.548. The van der Waals surface area contributed by atoms with Crippen LogP contribution in [0.5, 0.6) is 11.5 Å². The third-order valence-corrected chi connectivity index (χ3v) is 6.11. The van der Waals surface area contributed by atoms with Crippen molar-refractivity contribution in [3.8, 4) is 34.1 Å². The first-order valence-electron chi connectivity index (χ1n) is 10.7. The summed E-state index contributed by atoms with van der Waals surface area (Å²) >= 11 is 6.23. The van der Waals surface area contributed by atoms with E-state index in [-0.39, 0.29) is 28.6 Å². The van der Waals surface area contributed by atoms with E-state index in [4.69, 9.17) is 21.1 Å². The van der Waals surface area contributed by atoms with E-state index in [0.29, 0.717) is 28.5 Å². The van der Waals surface area contributed by atoms with E-state index < -0.39 is 23.2 Å². The van der Waals surface area contributed by atoms with Gasteiger partial charge in [0.25, 0.3) is 0 Å². The number of alkyl halides is 3. The average Bonchev–Trinajstić information content (AvgIpc) is 3.23. The van der Waals surface area contributed by atoms with Gasteiger partial charge in [-0.25, -0.2) is 9.37 Å². The molecule has 0 saturated heterocycles. The number of imidazole rings is 1. The van der Waals surface area contributed by atoms with Crippen molar-refractivity contribution < 1.29 is 27.0 Å². The van der Waals surface area contributed by atoms with Gasteiger partial charge >= 0.3 is 6.18 Å². The van der Waals surface area contributed by atoms with E-state index in [1.54, 1.807) is 24.3 Å². The molecule has 1 N–H and O–H groups in total. The van der Waals surface area contributed by atoms with Crippen LogP contribution in [0, 0.1) is 5.82 Å². The first-order chi connectivity index (χ1) is 16.5. The van der Waals surface area contributed by atoms with E-state index in [1.165, 1.54) is 30.3 Å². The lowest BCUT2D eigenvalue weighted by Crippen LogP contribution is -2.29. The maximum Gasteiger partial charge on any atom is 0.416 e. The summed E-state index contributed by atoms with van der Waals surface area (Å²) < 4.78 is 66.2. The monoisotopic (exact) mass is 502 g/mol. The van der Waals surface area contributed by atoms with Crippen molar-refractivity contribution in [2.75, 3.05) is 0 Å². The molecule has 180 valence electrons. The average molecular weight is 503 g/mol. The molecular weight excluding hydrogens is 484 g/mol. The summed E-state index contributed by atoms with van der Waals surface area (Å²) in [6.07, 6.45) is -4.47. The van der Waals surface area contributed by atoms with Crippen molar-refractivity contribution in [2.45, 2.75) is 32.2 Å². The Morgan fingerprint density at radius 2 is 1.83 bits per heavy atom. The van der Waals surface area contributed by atoms with Crippen molar-refractivity contribution in [1.29, 1.82) is 0 Å². The predicted molar refractivity (Wildman–Crippen MR) is 124 cm³/mol. The van der Waals surface area contributed by atoms with Crippen molar-refractivity contribution in [1.82, 2.24) is 9.97 Å². The lowest BCUT2D eigenvalue weighted by atomic mass is 9.95. The van der Waals surface area contributed by atoms with Crippen LogP contribution in [-0.4, -0.2) is 9.97 Å². The van der Waals surface area contributed by atoms with Gasteiger partial charge in [-0.2, -0.15) is 13.2 Å². The lowest BCUT2D eigenvalue weighted by molar-refractivity contribution is -0.138. The number of H-pyrrole nitrogens is 1. The zero-order valence-corrected chi connectivity index (χ0v) is 19.4. The van der Waals surface area contributed by atoms with Crippen LogP contribution in [0.2, 0.25) is 5.02 Å². The van der Waals surface area contributed by atoms with Gasteiger partial charge < -0.3 is 14.5 Å². The molecule has 0 saturated carbocycles. The van der Waals surface area contributed by atoms with Gasteiger partial charge in [0.1, 0.15) is 35.3 Å². The molecule has 1 aliphatic rings. The second kappa shape index (κ2) is 8.30. The van der Waals surface area contributed by atoms with Gasteiger partial charge in [0.05, 0.1) is 27.5 Å². The third kappa shape index (κ3) is 4.23. The van der Waals surface area contributed by atoms with Crippen molar-refractivity contribution in [3.63, 3.8) is 0 Å². The fourth-order valence-electron chi connectivity index (χ4n) is 4.13. The fourth-order valence-corrected chi connectivity index (χ4v) is 4.38. The fraction of sp³-hybridized carbons (Fsp3) is 0.192. The summed E-state index contributed by atoms with van der Waals surface area (Å²) in [4.78, 5) is 7.76. The number of halogens is 5. The van der Waals surface area contributed by atoms with Gasteiger partial charge in [-0.05, 0) is 44.2 Å². The molecule has 0 spiro atoms. The summed E-state index contributed by atoms with van der Waals surface area (Å²) in [5.41, 5.74) is 0.441. The summed E-state index contributed by atoms with van der Waals surface area (Å²) in [6, 6.07) is 14.6. The molecule has 0 unspecified atom stereocenters. The number of aromatic nitrogens is 2. The van der Waals surface area contributed by atoms with Gasteiger partial charge in [0.2, 0.25) is 0 Å². The summed E-state index contributed by atoms with van der Waals surface area (Å²) in [6.45, 7) is 3.39. The molecule has 35 heavy (non-hydrogen) atoms. The molecule has 2 heterocycles. The molecular formula is C26H19ClF4N2O2. The third-order valence-electron chi connectivity index (χ3n) is 5.80. The number of rotatable bonds is 4. The number of hydrogen-bond donors (Lipinski definition) is 1. The van der Waals surface area contributed by atoms with E-state index in [0.717, 1.165) is 6.07 Å². The van der Waals surface area contributed by atoms with Gasteiger partial charge in [0.15, 0.2) is 0 Å². The molecule has 5 rings (SSSR count). The predicted octanol–water partition coefficient (Wildman–Crippen LogP) is 7.76. The number of fused-ring (bicyclic) bond motifs is 3. The molecule has 1 aliphatic heterocycles. The first-order valence-corrected chi connectivity index (χ1v) is 11.1. The molecule has 0 bridgehead atoms. The van der Waals surface area contributed by atoms with Crippen LogP contribution in [0.15, 0.2) is 60.7 Å². The molecule has 4 aromatic rings. The molecule has 0 amide bonds. The van der Waals surface area contributed by atoms with Crippen molar-refractivity contribution in [2.24, 2.45) is 0 Å². The van der Waals surface area contributed by atoms with Crippen LogP contribution in [-0.2, 0) is 18.4 Å². The highest BCUT2D eigenvalue weighted by Gasteiger charge is 2.37. The molecule has 0 atom stereocenters. The van der Waals surface area contributed by atoms with Gasteiger partial charge in [-0.3, -0.25) is 0 Å². The smallest absolute Gasteiger partial charge is 0.416 e. The Balaban J connectivity index is 1.48. The standard InChI is InChI=1S/C26H19ClF4N2O2/c1-25(2)23-22(32-24(33-23)21-18(27)8-5-9-19(21)28)16-11-10-15(12-20(16)35-25)34-13-14-6-3-4-7-17(14)26(29,30)31/h3-12H,13H2,1-2H3,(H,32,33). The van der Waals surface area contributed by atoms with Crippen LogP contribution in [0.4, 0.5) is 17.6 Å². The van der Waals surface area contributed by atoms with Gasteiger partial charge in [0, 0.05) is 17.2 Å². The molecule has 3 aromatic carbocycles. The minimum Gasteiger partial charge on any atom is -0.489 e. The zero-order valence-electron chi connectivity index (χ0n) is 18.6. The van der Waals surface area contributed by atoms with Crippen LogP contribution >= 0.6 is 11.6 Å². The highest BCUT2D eigenvalue weighted by molar-refractivity contribution is 6.33. The van der Waals surface area contributed by atoms with E-state index in [1.807, 2.05) is 13.8 Å². The summed E-state index contributed by atoms with van der Waals surface area (Å²) in [5, 5.41) is 0.220. The highest BCUT2D eigenvalue weighted by Crippen LogP contribution is 2.46. The molecule has 4 nitrogen and oxygen atoms in total. The van der Waals surface area contributed by atoms with E-state index >= 15 is 0 Å². The van der Waals surface area contributed by atoms with Crippen LogP contribution in [0.3, 0.4) is 0 Å². The Morgan fingerprint density at radius 1 is 1.06 bits per heavy atom. The summed E-state index contributed by atoms with van der Waals surface area (Å²) in [7, 11) is 0. The Kier molecular flexibility index (Phi) is 5.51. The van der Waals surface area contributed by atoms with Crippen LogP contribution in [0.1, 0.15) is 30.7 Å². The van der Waals surface area contributed by atoms with Crippen LogP contribution in [0.25, 0.3) is 22.6 Å². The topological polar surface area (TPSA) is 47.1 Å². The van der Waals surface area contributed by atoms with E-state index in [2.05, 4.69) is 9.97 Å². The SMILES string of the molecule is CC1(C)Oc2cc(OCc3ccccc3C(F)(F)F)ccc2-c2nc(-c3c(F)cccc3Cl)[nH]c21. The quantitative estimate of drug-likeness (QED) is 0.290. The maximum atomic E-state index is 14.5. The molecule has 0 radical (unpaired) electrons. The molecule has 0 fully saturated rings. The van der Waals surface area contributed by atoms with Crippen molar-refractivity contribution >= 4 is 11.6 Å². The zero-order chi connectivity index (χ0) is 25.0. The number of ether oxygens (including phenoxy) is 2. The molecule has 9 heteroatoms. The maximum absolute atomic E-state index is 14.5. The first kappa shape index (κ1) is 23.2. The number of benzene rings is 3. The highest BCUT2D eigenvalue weighted by atomic mass is 35.5. The van der Waals surface area contributed by atoms with Gasteiger partial charge in [-0.15, -0.1) is 0 Å². The largest absolute Gasteiger partial charge is 0.489 e. The Hall–Kier alpha value is -3.52. The number of hydrogen-bond acceptors (Lipinski definition) is 3. The Bertz CT molecular complexity index is 1410. The van der Waals surface area contributed by atoms with Crippen molar-refractivity contribution in [3.05, 3.63) is 88.3 Å². The molecule has 1 aromatic heterocycles. The van der Waals surface area contributed by atoms with Gasteiger partial charge in [-0.1, -0.05) is 35.9 Å². The lowest BCUT2D eigenvalue weighted by Gasteiger charge is -2.32. The Labute approximate surface area is 203 Å². The minimum absolute atomic E-state index is 0.0277. The van der Waals surface area contributed by atoms with Crippen LogP contribution < -0.4 is 9.47 Å². The Morgan fingerprint density at radius 3 is 2.57 bits per heavy atom.